The Morgan fingerprint density at radius 1 is 1.31 bits per heavy atom. The fourth-order valence-electron chi connectivity index (χ4n) is 3.83. The van der Waals surface area contributed by atoms with Crippen molar-refractivity contribution in [2.75, 3.05) is 13.1 Å². The highest BCUT2D eigenvalue weighted by molar-refractivity contribution is 8.00. The van der Waals surface area contributed by atoms with Gasteiger partial charge >= 0.3 is 6.18 Å². The van der Waals surface area contributed by atoms with Crippen molar-refractivity contribution in [1.82, 2.24) is 19.7 Å². The summed E-state index contributed by atoms with van der Waals surface area (Å²) in [6.07, 6.45) is -3.26. The van der Waals surface area contributed by atoms with Crippen molar-refractivity contribution >= 4 is 17.7 Å². The number of hydrogen-bond donors (Lipinski definition) is 1. The summed E-state index contributed by atoms with van der Waals surface area (Å²) in [5, 5.41) is 13.9. The first-order valence-corrected chi connectivity index (χ1v) is 10.4. The molecule has 4 rings (SSSR count). The van der Waals surface area contributed by atoms with Crippen molar-refractivity contribution in [1.29, 1.82) is 0 Å². The summed E-state index contributed by atoms with van der Waals surface area (Å²) >= 11 is 1.25. The number of fused-ring (bicyclic) bond motifs is 1. The van der Waals surface area contributed by atoms with Crippen LogP contribution in [0.2, 0.25) is 0 Å². The highest BCUT2D eigenvalue weighted by atomic mass is 32.2. The Morgan fingerprint density at radius 2 is 2.03 bits per heavy atom. The number of rotatable bonds is 4. The van der Waals surface area contributed by atoms with E-state index in [2.05, 4.69) is 10.1 Å². The molecule has 0 saturated carbocycles. The maximum Gasteiger partial charge on any atom is 0.416 e. The average Bonchev–Trinajstić information content (AvgIpc) is 3.23. The van der Waals surface area contributed by atoms with Gasteiger partial charge in [-0.25, -0.2) is 4.98 Å². The van der Waals surface area contributed by atoms with E-state index in [1.54, 1.807) is 6.07 Å². The van der Waals surface area contributed by atoms with Gasteiger partial charge in [0, 0.05) is 19.5 Å². The molecular weight excluding hydrogens is 405 g/mol. The van der Waals surface area contributed by atoms with Crippen LogP contribution in [0.3, 0.4) is 0 Å². The molecule has 2 aromatic rings. The Hall–Kier alpha value is -1.91. The number of carbonyl (C=O) groups is 1. The molecule has 156 valence electrons. The van der Waals surface area contributed by atoms with Gasteiger partial charge in [0.25, 0.3) is 5.91 Å². The van der Waals surface area contributed by atoms with E-state index in [-0.39, 0.29) is 5.91 Å². The van der Waals surface area contributed by atoms with Crippen molar-refractivity contribution in [3.05, 3.63) is 41.2 Å². The van der Waals surface area contributed by atoms with Crippen molar-refractivity contribution in [2.24, 2.45) is 0 Å². The van der Waals surface area contributed by atoms with Gasteiger partial charge < -0.3 is 5.11 Å². The summed E-state index contributed by atoms with van der Waals surface area (Å²) in [5.41, 5.74) is -0.305. The van der Waals surface area contributed by atoms with Crippen LogP contribution in [0.25, 0.3) is 0 Å². The van der Waals surface area contributed by atoms with Gasteiger partial charge in [-0.05, 0) is 30.5 Å². The first-order chi connectivity index (χ1) is 13.8. The summed E-state index contributed by atoms with van der Waals surface area (Å²) in [4.78, 5) is 19.4. The maximum absolute atomic E-state index is 13.3. The van der Waals surface area contributed by atoms with Gasteiger partial charge in [-0.2, -0.15) is 17.9 Å². The van der Waals surface area contributed by atoms with E-state index >= 15 is 0 Å². The van der Waals surface area contributed by atoms with E-state index in [0.29, 0.717) is 48.9 Å². The zero-order valence-corrected chi connectivity index (χ0v) is 16.6. The second-order valence-electron chi connectivity index (χ2n) is 7.29. The largest absolute Gasteiger partial charge is 0.416 e. The van der Waals surface area contributed by atoms with Crippen LogP contribution in [-0.2, 0) is 12.6 Å². The van der Waals surface area contributed by atoms with Gasteiger partial charge in [0.2, 0.25) is 0 Å². The van der Waals surface area contributed by atoms with Crippen LogP contribution in [0.15, 0.2) is 29.4 Å². The highest BCUT2D eigenvalue weighted by Gasteiger charge is 2.44. The van der Waals surface area contributed by atoms with Gasteiger partial charge in [-0.15, -0.1) is 5.10 Å². The molecule has 1 aromatic carbocycles. The third kappa shape index (κ3) is 3.93. The lowest BCUT2D eigenvalue weighted by Crippen LogP contribution is -2.44. The highest BCUT2D eigenvalue weighted by Crippen LogP contribution is 2.42. The van der Waals surface area contributed by atoms with Gasteiger partial charge in [0.05, 0.1) is 17.7 Å². The molecule has 1 aromatic heterocycles. The lowest BCUT2D eigenvalue weighted by Gasteiger charge is -2.38. The summed E-state index contributed by atoms with van der Waals surface area (Å²) in [5.74, 6) is 0.293. The van der Waals surface area contributed by atoms with Gasteiger partial charge in [0.15, 0.2) is 11.0 Å². The minimum absolute atomic E-state index is 0.272. The molecule has 29 heavy (non-hydrogen) atoms. The molecule has 1 saturated heterocycles. The number of carbonyl (C=O) groups excluding carboxylic acids is 1. The number of nitrogens with zero attached hydrogens (tertiary/aromatic N) is 4. The summed E-state index contributed by atoms with van der Waals surface area (Å²) in [6, 6.07) is 4.60. The van der Waals surface area contributed by atoms with Crippen LogP contribution >= 0.6 is 11.8 Å². The monoisotopic (exact) mass is 426 g/mol. The molecular formula is C19H21F3N4O2S. The van der Waals surface area contributed by atoms with Crippen LogP contribution in [-0.4, -0.2) is 55.1 Å². The number of likely N-dealkylation sites (tertiary alicyclic amines) is 1. The molecule has 1 unspecified atom stereocenters. The maximum atomic E-state index is 13.3. The van der Waals surface area contributed by atoms with E-state index < -0.39 is 29.1 Å². The molecule has 10 heteroatoms. The third-order valence-corrected chi connectivity index (χ3v) is 6.55. The number of aromatic nitrogens is 3. The van der Waals surface area contributed by atoms with Crippen LogP contribution in [0.5, 0.6) is 0 Å². The Kier molecular flexibility index (Phi) is 5.43. The second kappa shape index (κ2) is 7.73. The fraction of sp³-hybridized carbons (Fsp3) is 0.526. The van der Waals surface area contributed by atoms with E-state index in [4.69, 9.17) is 0 Å². The van der Waals surface area contributed by atoms with Crippen molar-refractivity contribution in [2.45, 2.75) is 54.9 Å². The first kappa shape index (κ1) is 20.4. The Bertz CT molecular complexity index is 909. The molecule has 0 aliphatic carbocycles. The SMILES string of the molecule is CCc1nc2n(n1)C(=O)C([C@@H](c1cccc(C(F)(F)F)c1)N1CCC(O)CC1)S2. The number of halogens is 3. The molecule has 2 atom stereocenters. The van der Waals surface area contributed by atoms with E-state index in [0.717, 1.165) is 12.1 Å². The molecule has 0 spiro atoms. The van der Waals surface area contributed by atoms with Crippen molar-refractivity contribution in [3.63, 3.8) is 0 Å². The van der Waals surface area contributed by atoms with Crippen LogP contribution in [0, 0.1) is 0 Å². The van der Waals surface area contributed by atoms with E-state index in [9.17, 15) is 23.1 Å². The number of thioether (sulfide) groups is 1. The standard InChI is InChI=1S/C19H21F3N4O2S/c1-2-14-23-18-26(24-14)17(28)16(29-18)15(25-8-6-13(27)7-9-25)11-4-3-5-12(10-11)19(20,21)22/h3-5,10,13,15-16,27H,2,6-9H2,1H3/t15-,16?/m1/s1. The third-order valence-electron chi connectivity index (χ3n) is 5.36. The molecule has 6 nitrogen and oxygen atoms in total. The van der Waals surface area contributed by atoms with Gasteiger partial charge in [0.1, 0.15) is 5.25 Å². The molecule has 2 aliphatic rings. The predicted molar refractivity (Wildman–Crippen MR) is 101 cm³/mol. The van der Waals surface area contributed by atoms with Crippen molar-refractivity contribution in [3.8, 4) is 0 Å². The second-order valence-corrected chi connectivity index (χ2v) is 8.40. The molecule has 3 heterocycles. The Morgan fingerprint density at radius 3 is 2.66 bits per heavy atom. The quantitative estimate of drug-likeness (QED) is 0.810. The first-order valence-electron chi connectivity index (χ1n) is 9.54. The Balaban J connectivity index is 1.70. The molecule has 1 fully saturated rings. The minimum Gasteiger partial charge on any atom is -0.393 e. The summed E-state index contributed by atoms with van der Waals surface area (Å²) in [7, 11) is 0. The number of aliphatic hydroxyl groups excluding tert-OH is 1. The van der Waals surface area contributed by atoms with E-state index in [1.165, 1.54) is 22.5 Å². The number of piperidine rings is 1. The van der Waals surface area contributed by atoms with E-state index in [1.807, 2.05) is 11.8 Å². The number of aryl methyl sites for hydroxylation is 1. The smallest absolute Gasteiger partial charge is 0.393 e. The summed E-state index contributed by atoms with van der Waals surface area (Å²) < 4.78 is 41.1. The normalized spacial score (nSPS) is 22.1. The van der Waals surface area contributed by atoms with Gasteiger partial charge in [-0.3, -0.25) is 9.69 Å². The Labute approximate surface area is 170 Å². The molecule has 0 amide bonds. The molecule has 0 bridgehead atoms. The zero-order chi connectivity index (χ0) is 20.8. The van der Waals surface area contributed by atoms with Crippen molar-refractivity contribution < 1.29 is 23.1 Å². The number of hydrogen-bond acceptors (Lipinski definition) is 6. The number of benzene rings is 1. The summed E-state index contributed by atoms with van der Waals surface area (Å²) in [6.45, 7) is 2.90. The fourth-order valence-corrected chi connectivity index (χ4v) is 5.11. The topological polar surface area (TPSA) is 71.2 Å². The van der Waals surface area contributed by atoms with Crippen LogP contribution in [0.1, 0.15) is 47.6 Å². The van der Waals surface area contributed by atoms with Crippen LogP contribution < -0.4 is 0 Å². The average molecular weight is 426 g/mol. The molecule has 0 radical (unpaired) electrons. The van der Waals surface area contributed by atoms with Gasteiger partial charge in [-0.1, -0.05) is 30.8 Å². The zero-order valence-electron chi connectivity index (χ0n) is 15.8. The molecule has 2 aliphatic heterocycles. The number of aliphatic hydroxyl groups is 1. The molecule has 1 N–H and O–H groups in total. The van der Waals surface area contributed by atoms with Crippen LogP contribution in [0.4, 0.5) is 13.2 Å². The lowest BCUT2D eigenvalue weighted by molar-refractivity contribution is -0.137. The number of alkyl halides is 3. The minimum atomic E-state index is -4.46. The predicted octanol–water partition coefficient (Wildman–Crippen LogP) is 3.17. The lowest BCUT2D eigenvalue weighted by atomic mass is 9.96.